The monoisotopic (exact) mass is 258 g/mol. The van der Waals surface area contributed by atoms with Gasteiger partial charge in [0.2, 0.25) is 0 Å². The van der Waals surface area contributed by atoms with Crippen LogP contribution in [0.4, 0.5) is 0 Å². The summed E-state index contributed by atoms with van der Waals surface area (Å²) in [5.74, 6) is 0. The Balaban J connectivity index is -0.0000000720. The van der Waals surface area contributed by atoms with Gasteiger partial charge in [0.25, 0.3) is 0 Å². The zero-order valence-electron chi connectivity index (χ0n) is 9.84. The van der Waals surface area contributed by atoms with Gasteiger partial charge in [-0.15, -0.1) is 6.58 Å². The van der Waals surface area contributed by atoms with E-state index in [0.717, 1.165) is 0 Å². The second kappa shape index (κ2) is 29.4. The van der Waals surface area contributed by atoms with Crippen LogP contribution in [0.3, 0.4) is 0 Å². The molecule has 0 aliphatic rings. The molecule has 13 heavy (non-hydrogen) atoms. The third-order valence-corrected chi connectivity index (χ3v) is 1.21. The molecule has 0 saturated heterocycles. The van der Waals surface area contributed by atoms with E-state index < -0.39 is 0 Å². The van der Waals surface area contributed by atoms with Gasteiger partial charge in [-0.05, 0) is 26.7 Å². The zero-order valence-corrected chi connectivity index (χ0v) is 12.7. The van der Waals surface area contributed by atoms with Crippen molar-refractivity contribution in [2.24, 2.45) is 0 Å². The summed E-state index contributed by atoms with van der Waals surface area (Å²) in [7, 11) is 0. The molecule has 0 aromatic heterocycles. The summed E-state index contributed by atoms with van der Waals surface area (Å²) in [6.45, 7) is 9.56. The van der Waals surface area contributed by atoms with E-state index in [9.17, 15) is 0 Å². The summed E-state index contributed by atoms with van der Waals surface area (Å²) in [5.41, 5.74) is 0. The van der Waals surface area contributed by atoms with Gasteiger partial charge in [0, 0.05) is 32.7 Å². The number of hydrogen-bond donors (Lipinski definition) is 0. The molecule has 0 fully saturated rings. The normalized spacial score (nSPS) is 7.62. The molecule has 0 aliphatic heterocycles. The number of unbranched alkanes of at least 4 members (excludes halogenated alkanes) is 3. The van der Waals surface area contributed by atoms with E-state index in [2.05, 4.69) is 32.6 Å². The summed E-state index contributed by atoms with van der Waals surface area (Å²) in [6.07, 6.45) is 11.4. The average Bonchev–Trinajstić information content (AvgIpc) is 2.00. The molecule has 0 spiro atoms. The summed E-state index contributed by atoms with van der Waals surface area (Å²) in [4.78, 5) is 0. The summed E-state index contributed by atoms with van der Waals surface area (Å²) < 4.78 is 0. The Morgan fingerprint density at radius 3 is 1.92 bits per heavy atom. The zero-order chi connectivity index (χ0) is 8.95. The van der Waals surface area contributed by atoms with E-state index in [1.54, 1.807) is 6.08 Å². The number of allylic oxidation sites excluding steroid dienone is 3. The molecule has 0 saturated carbocycles. The van der Waals surface area contributed by atoms with Crippen LogP contribution in [0.25, 0.3) is 0 Å². The van der Waals surface area contributed by atoms with E-state index >= 15 is 0 Å². The molecule has 0 bridgehead atoms. The Hall–Kier alpha value is 0.584. The Bertz CT molecular complexity index is 85.1. The second-order valence-corrected chi connectivity index (χ2v) is 2.47. The van der Waals surface area contributed by atoms with E-state index in [0.29, 0.717) is 0 Å². The van der Waals surface area contributed by atoms with Gasteiger partial charge < -0.3 is 7.43 Å². The van der Waals surface area contributed by atoms with Crippen LogP contribution in [0.15, 0.2) is 24.8 Å². The molecule has 0 N–H and O–H groups in total. The molecule has 0 atom stereocenters. The minimum atomic E-state index is 0. The van der Waals surface area contributed by atoms with Crippen molar-refractivity contribution in [2.45, 2.75) is 46.5 Å². The van der Waals surface area contributed by atoms with Gasteiger partial charge in [-0.1, -0.05) is 38.0 Å². The molecule has 0 nitrogen and oxygen atoms in total. The largest absolute Gasteiger partial charge is 0.358 e. The van der Waals surface area contributed by atoms with Crippen LogP contribution in [-0.4, -0.2) is 0 Å². The van der Waals surface area contributed by atoms with Crippen molar-refractivity contribution in [1.82, 2.24) is 0 Å². The van der Waals surface area contributed by atoms with Crippen LogP contribution in [0, 0.1) is 7.43 Å². The van der Waals surface area contributed by atoms with Crippen LogP contribution < -0.4 is 0 Å². The minimum Gasteiger partial charge on any atom is -0.358 e. The predicted molar refractivity (Wildman–Crippen MR) is 61.2 cm³/mol. The predicted octanol–water partition coefficient (Wildman–Crippen LogP) is 4.78. The fraction of sp³-hybridized carbons (Fsp3) is 0.583. The van der Waals surface area contributed by atoms with Crippen molar-refractivity contribution in [1.29, 1.82) is 0 Å². The molecule has 77 valence electrons. The second-order valence-electron chi connectivity index (χ2n) is 2.47. The van der Waals surface area contributed by atoms with Gasteiger partial charge in [-0.2, -0.15) is 0 Å². The Labute approximate surface area is 111 Å². The van der Waals surface area contributed by atoms with Crippen molar-refractivity contribution in [3.05, 3.63) is 32.2 Å². The van der Waals surface area contributed by atoms with Crippen LogP contribution >= 0.6 is 0 Å². The van der Waals surface area contributed by atoms with Crippen LogP contribution in [0.2, 0.25) is 0 Å². The van der Waals surface area contributed by atoms with Gasteiger partial charge in [0.1, 0.15) is 0 Å². The fourth-order valence-electron chi connectivity index (χ4n) is 0.679. The molecule has 0 heterocycles. The van der Waals surface area contributed by atoms with Gasteiger partial charge in [-0.25, -0.2) is 0 Å². The van der Waals surface area contributed by atoms with E-state index in [4.69, 9.17) is 0 Å². The Morgan fingerprint density at radius 2 is 1.62 bits per heavy atom. The van der Waals surface area contributed by atoms with Crippen molar-refractivity contribution in [3.8, 4) is 0 Å². The molecule has 1 heteroatoms. The molecule has 0 rings (SSSR count). The molecule has 0 unspecified atom stereocenters. The summed E-state index contributed by atoms with van der Waals surface area (Å²) >= 11 is 0. The number of hydrogen-bond acceptors (Lipinski definition) is 0. The van der Waals surface area contributed by atoms with E-state index in [1.807, 2.05) is 6.92 Å². The van der Waals surface area contributed by atoms with Gasteiger partial charge in [0.15, 0.2) is 0 Å². The molecule has 1 radical (unpaired) electrons. The molecule has 0 aromatic carbocycles. The van der Waals surface area contributed by atoms with Gasteiger partial charge >= 0.3 is 0 Å². The van der Waals surface area contributed by atoms with Crippen molar-refractivity contribution in [3.63, 3.8) is 0 Å². The SMILES string of the molecule is C/C=C\CCCCC.C=CC.[CH3-].[Y]. The first-order valence-corrected chi connectivity index (χ1v) is 4.51. The van der Waals surface area contributed by atoms with Crippen molar-refractivity contribution in [2.75, 3.05) is 0 Å². The average molecular weight is 258 g/mol. The van der Waals surface area contributed by atoms with E-state index in [1.165, 1.54) is 25.7 Å². The van der Waals surface area contributed by atoms with Gasteiger partial charge in [0.05, 0.1) is 0 Å². The third-order valence-electron chi connectivity index (χ3n) is 1.21. The molecule has 0 aliphatic carbocycles. The maximum atomic E-state index is 3.36. The fourth-order valence-corrected chi connectivity index (χ4v) is 0.679. The number of rotatable bonds is 4. The summed E-state index contributed by atoms with van der Waals surface area (Å²) in [5, 5.41) is 0. The first-order valence-electron chi connectivity index (χ1n) is 4.51. The Morgan fingerprint density at radius 1 is 1.15 bits per heavy atom. The van der Waals surface area contributed by atoms with Gasteiger partial charge in [-0.3, -0.25) is 0 Å². The third kappa shape index (κ3) is 45.2. The molecular formula is C12H25Y-. The quantitative estimate of drug-likeness (QED) is 0.386. The maximum absolute atomic E-state index is 3.36. The van der Waals surface area contributed by atoms with Crippen LogP contribution in [0.1, 0.15) is 46.5 Å². The van der Waals surface area contributed by atoms with Crippen molar-refractivity contribution >= 4 is 0 Å². The standard InChI is InChI=1S/C8H16.C3H6.CH3.Y/c1-3-5-7-8-6-4-2;1-3-2;;/h3,5H,4,6-8H2,1-2H3;3H,1H2,2H3;1H3;/q;;-1;/b5-3-;;;. The first kappa shape index (κ1) is 23.4. The molecule has 0 amide bonds. The Kier molecular flexibility index (Phi) is 52.9. The molecular weight excluding hydrogens is 233 g/mol. The maximum Gasteiger partial charge on any atom is 0 e. The first-order chi connectivity index (χ1) is 5.33. The van der Waals surface area contributed by atoms with Crippen LogP contribution in [0.5, 0.6) is 0 Å². The van der Waals surface area contributed by atoms with Crippen LogP contribution in [-0.2, 0) is 32.7 Å². The topological polar surface area (TPSA) is 0 Å². The smallest absolute Gasteiger partial charge is 0 e. The summed E-state index contributed by atoms with van der Waals surface area (Å²) in [6, 6.07) is 0. The minimum absolute atomic E-state index is 0. The van der Waals surface area contributed by atoms with Crippen molar-refractivity contribution < 1.29 is 32.7 Å². The van der Waals surface area contributed by atoms with E-state index in [-0.39, 0.29) is 40.1 Å². The molecule has 0 aromatic rings.